The van der Waals surface area contributed by atoms with E-state index in [1.54, 1.807) is 0 Å². The molecule has 68 valence electrons. The van der Waals surface area contributed by atoms with Crippen molar-refractivity contribution < 1.29 is 5.11 Å². The van der Waals surface area contributed by atoms with Crippen LogP contribution in [0, 0.1) is 18.8 Å². The number of aliphatic hydroxyl groups excluding tert-OH is 1. The van der Waals surface area contributed by atoms with E-state index in [9.17, 15) is 0 Å². The van der Waals surface area contributed by atoms with Crippen LogP contribution in [0.15, 0.2) is 0 Å². The van der Waals surface area contributed by atoms with Gasteiger partial charge in [0.15, 0.2) is 0 Å². The molecule has 0 atom stereocenters. The number of hydrogen-bond donors (Lipinski definition) is 2. The molecule has 0 bridgehead atoms. The van der Waals surface area contributed by atoms with Crippen LogP contribution in [0.4, 0.5) is 0 Å². The van der Waals surface area contributed by atoms with Crippen molar-refractivity contribution in [2.45, 2.75) is 20.8 Å². The Kier molecular flexibility index (Phi) is 34.7. The lowest BCUT2D eigenvalue weighted by atomic mass is 10.2. The van der Waals surface area contributed by atoms with Crippen LogP contribution in [0.2, 0.25) is 0 Å². The van der Waals surface area contributed by atoms with E-state index < -0.39 is 0 Å². The monoisotopic (exact) mass is 159 g/mol. The number of aliphatic hydroxyl groups is 1. The summed E-state index contributed by atoms with van der Waals surface area (Å²) in [7, 11) is 1.00. The minimum atomic E-state index is 0.792. The minimum Gasteiger partial charge on any atom is -0.400 e. The topological polar surface area (TPSA) is 32.3 Å². The third kappa shape index (κ3) is 43.8. The van der Waals surface area contributed by atoms with Crippen LogP contribution in [-0.4, -0.2) is 25.3 Å². The second-order valence-corrected chi connectivity index (χ2v) is 2.20. The molecule has 0 heterocycles. The minimum absolute atomic E-state index is 0.792. The molecule has 0 amide bonds. The van der Waals surface area contributed by atoms with Crippen molar-refractivity contribution in [3.8, 4) is 12.8 Å². The van der Waals surface area contributed by atoms with Gasteiger partial charge in [0.25, 0.3) is 0 Å². The molecule has 0 saturated heterocycles. The van der Waals surface area contributed by atoms with Gasteiger partial charge in [-0.1, -0.05) is 20.8 Å². The standard InChI is InChI=1S/C6H15N.C2H2.CH4O/c1-4-7-5-6(2)3;2*1-2/h6-7H,4-5H2,1-3H3;1-2H;2H,1H3. The van der Waals surface area contributed by atoms with Crippen molar-refractivity contribution in [3.05, 3.63) is 0 Å². The van der Waals surface area contributed by atoms with Gasteiger partial charge in [0.05, 0.1) is 0 Å². The maximum absolute atomic E-state index is 7.00. The molecular formula is C9H21NO. The normalized spacial score (nSPS) is 7.27. The maximum Gasteiger partial charge on any atom is 0.0319 e. The summed E-state index contributed by atoms with van der Waals surface area (Å²) in [4.78, 5) is 0. The summed E-state index contributed by atoms with van der Waals surface area (Å²) in [6.07, 6.45) is 8.00. The zero-order chi connectivity index (χ0) is 9.70. The summed E-state index contributed by atoms with van der Waals surface area (Å²) in [5.74, 6) is 0.792. The second kappa shape index (κ2) is 22.7. The Morgan fingerprint density at radius 2 is 1.64 bits per heavy atom. The summed E-state index contributed by atoms with van der Waals surface area (Å²) in [6.45, 7) is 8.79. The van der Waals surface area contributed by atoms with E-state index in [0.29, 0.717) is 0 Å². The van der Waals surface area contributed by atoms with E-state index in [1.807, 2.05) is 0 Å². The summed E-state index contributed by atoms with van der Waals surface area (Å²) < 4.78 is 0. The van der Waals surface area contributed by atoms with Crippen LogP contribution in [0.5, 0.6) is 0 Å². The third-order valence-corrected chi connectivity index (χ3v) is 0.803. The lowest BCUT2D eigenvalue weighted by Crippen LogP contribution is -2.18. The molecule has 0 aliphatic carbocycles. The molecule has 2 N–H and O–H groups in total. The Labute approximate surface area is 71.0 Å². The highest BCUT2D eigenvalue weighted by Gasteiger charge is 1.86. The molecule has 2 heteroatoms. The van der Waals surface area contributed by atoms with Crippen LogP contribution in [0.1, 0.15) is 20.8 Å². The van der Waals surface area contributed by atoms with Crippen molar-refractivity contribution in [1.82, 2.24) is 5.32 Å². The Morgan fingerprint density at radius 3 is 1.73 bits per heavy atom. The highest BCUT2D eigenvalue weighted by Crippen LogP contribution is 1.84. The largest absolute Gasteiger partial charge is 0.400 e. The number of rotatable bonds is 3. The summed E-state index contributed by atoms with van der Waals surface area (Å²) in [6, 6.07) is 0. The second-order valence-electron chi connectivity index (χ2n) is 2.20. The van der Waals surface area contributed by atoms with Gasteiger partial charge in [0.2, 0.25) is 0 Å². The molecule has 0 aromatic heterocycles. The first kappa shape index (κ1) is 16.8. The highest BCUT2D eigenvalue weighted by atomic mass is 16.2. The molecule has 0 aromatic carbocycles. The van der Waals surface area contributed by atoms with E-state index in [4.69, 9.17) is 5.11 Å². The molecule has 11 heavy (non-hydrogen) atoms. The Bertz CT molecular complexity index is 59.8. The molecule has 0 aliphatic heterocycles. The van der Waals surface area contributed by atoms with Crippen LogP contribution < -0.4 is 5.32 Å². The van der Waals surface area contributed by atoms with Crippen LogP contribution in [0.3, 0.4) is 0 Å². The summed E-state index contributed by atoms with van der Waals surface area (Å²) >= 11 is 0. The fourth-order valence-corrected chi connectivity index (χ4v) is 0.433. The summed E-state index contributed by atoms with van der Waals surface area (Å²) in [5, 5.41) is 10.2. The van der Waals surface area contributed by atoms with Gasteiger partial charge in [-0.05, 0) is 19.0 Å². The average Bonchev–Trinajstić information content (AvgIpc) is 2.08. The first-order chi connectivity index (χ1) is 5.27. The first-order valence-corrected chi connectivity index (χ1v) is 3.76. The van der Waals surface area contributed by atoms with Crippen LogP contribution >= 0.6 is 0 Å². The molecule has 0 aromatic rings. The number of hydrogen-bond acceptors (Lipinski definition) is 2. The zero-order valence-electron chi connectivity index (χ0n) is 8.09. The first-order valence-electron chi connectivity index (χ1n) is 3.76. The predicted molar refractivity (Wildman–Crippen MR) is 51.4 cm³/mol. The smallest absolute Gasteiger partial charge is 0.0319 e. The van der Waals surface area contributed by atoms with E-state index >= 15 is 0 Å². The van der Waals surface area contributed by atoms with E-state index in [2.05, 4.69) is 38.9 Å². The molecule has 0 unspecified atom stereocenters. The van der Waals surface area contributed by atoms with Gasteiger partial charge < -0.3 is 10.4 Å². The molecule has 0 spiro atoms. The van der Waals surface area contributed by atoms with Crippen molar-refractivity contribution in [1.29, 1.82) is 0 Å². The van der Waals surface area contributed by atoms with Gasteiger partial charge in [-0.2, -0.15) is 0 Å². The Morgan fingerprint density at radius 1 is 1.27 bits per heavy atom. The fraction of sp³-hybridized carbons (Fsp3) is 0.778. The predicted octanol–water partition coefficient (Wildman–Crippen LogP) is 1.11. The fourth-order valence-electron chi connectivity index (χ4n) is 0.433. The van der Waals surface area contributed by atoms with Crippen molar-refractivity contribution in [3.63, 3.8) is 0 Å². The SMILES string of the molecule is C#C.CCNCC(C)C.CO. The number of nitrogens with one attached hydrogen (secondary N) is 1. The molecule has 0 fully saturated rings. The maximum atomic E-state index is 7.00. The van der Waals surface area contributed by atoms with Gasteiger partial charge in [-0.3, -0.25) is 0 Å². The average molecular weight is 159 g/mol. The van der Waals surface area contributed by atoms with Gasteiger partial charge >= 0.3 is 0 Å². The Hall–Kier alpha value is -0.520. The number of terminal acetylenes is 1. The van der Waals surface area contributed by atoms with Gasteiger partial charge in [-0.15, -0.1) is 12.8 Å². The molecule has 0 rings (SSSR count). The van der Waals surface area contributed by atoms with Gasteiger partial charge in [0.1, 0.15) is 0 Å². The molecule has 0 aliphatic rings. The van der Waals surface area contributed by atoms with Crippen molar-refractivity contribution >= 4 is 0 Å². The molecule has 0 saturated carbocycles. The van der Waals surface area contributed by atoms with E-state index in [1.165, 1.54) is 0 Å². The highest BCUT2D eigenvalue weighted by molar-refractivity contribution is 4.47. The lowest BCUT2D eigenvalue weighted by Gasteiger charge is -2.01. The molecule has 2 nitrogen and oxygen atoms in total. The molecular weight excluding hydrogens is 138 g/mol. The lowest BCUT2D eigenvalue weighted by molar-refractivity contribution is 0.399. The van der Waals surface area contributed by atoms with Crippen molar-refractivity contribution in [2.75, 3.05) is 20.2 Å². The molecule has 0 radical (unpaired) electrons. The third-order valence-electron chi connectivity index (χ3n) is 0.803. The van der Waals surface area contributed by atoms with Gasteiger partial charge in [0, 0.05) is 7.11 Å². The van der Waals surface area contributed by atoms with Crippen molar-refractivity contribution in [2.24, 2.45) is 5.92 Å². The zero-order valence-corrected chi connectivity index (χ0v) is 8.09. The van der Waals surface area contributed by atoms with E-state index in [0.717, 1.165) is 26.1 Å². The Balaban J connectivity index is -0.000000138. The van der Waals surface area contributed by atoms with Gasteiger partial charge in [-0.25, -0.2) is 0 Å². The van der Waals surface area contributed by atoms with E-state index in [-0.39, 0.29) is 0 Å². The van der Waals surface area contributed by atoms with Crippen LogP contribution in [-0.2, 0) is 0 Å². The summed E-state index contributed by atoms with van der Waals surface area (Å²) in [5.41, 5.74) is 0. The van der Waals surface area contributed by atoms with Crippen LogP contribution in [0.25, 0.3) is 0 Å². The quantitative estimate of drug-likeness (QED) is 0.605.